The zero-order valence-corrected chi connectivity index (χ0v) is 22.1. The summed E-state index contributed by atoms with van der Waals surface area (Å²) in [5.41, 5.74) is -1.76. The lowest BCUT2D eigenvalue weighted by Gasteiger charge is -2.58. The third kappa shape index (κ3) is 3.48. The minimum atomic E-state index is -1.47. The first kappa shape index (κ1) is 26.0. The van der Waals surface area contributed by atoms with Gasteiger partial charge in [0.25, 0.3) is 0 Å². The Labute approximate surface area is 222 Å². The highest BCUT2D eigenvalue weighted by Gasteiger charge is 2.83. The van der Waals surface area contributed by atoms with Crippen LogP contribution in [-0.4, -0.2) is 83.7 Å². The zero-order chi connectivity index (χ0) is 26.9. The summed E-state index contributed by atoms with van der Waals surface area (Å²) >= 11 is 0. The second-order valence-electron chi connectivity index (χ2n) is 11.8. The van der Waals surface area contributed by atoms with Crippen molar-refractivity contribution >= 4 is 11.9 Å². The van der Waals surface area contributed by atoms with Gasteiger partial charge in [-0.1, -0.05) is 30.7 Å². The molecule has 2 spiro atoms. The van der Waals surface area contributed by atoms with Gasteiger partial charge in [-0.05, 0) is 44.8 Å². The molecule has 9 nitrogen and oxygen atoms in total. The van der Waals surface area contributed by atoms with Crippen LogP contribution in [0.4, 0.5) is 0 Å². The van der Waals surface area contributed by atoms with Gasteiger partial charge < -0.3 is 33.9 Å². The Kier molecular flexibility index (Phi) is 6.05. The van der Waals surface area contributed by atoms with E-state index in [4.69, 9.17) is 23.7 Å². The smallest absolute Gasteiger partial charge is 0.331 e. The third-order valence-corrected chi connectivity index (χ3v) is 10.1. The molecule has 206 valence electrons. The molecule has 6 rings (SSSR count). The van der Waals surface area contributed by atoms with Crippen molar-refractivity contribution in [2.24, 2.45) is 10.8 Å². The Morgan fingerprint density at radius 3 is 2.61 bits per heavy atom. The van der Waals surface area contributed by atoms with Crippen molar-refractivity contribution in [1.29, 1.82) is 0 Å². The fourth-order valence-corrected chi connectivity index (χ4v) is 7.68. The van der Waals surface area contributed by atoms with E-state index in [1.807, 2.05) is 0 Å². The minimum Gasteiger partial charge on any atom is -0.462 e. The van der Waals surface area contributed by atoms with Crippen molar-refractivity contribution in [2.45, 2.75) is 88.2 Å². The molecule has 4 aliphatic heterocycles. The van der Waals surface area contributed by atoms with Gasteiger partial charge in [0.05, 0.1) is 36.9 Å². The molecule has 2 N–H and O–H groups in total. The average Bonchev–Trinajstić information content (AvgIpc) is 3.65. The Hall–Kier alpha value is -2.30. The summed E-state index contributed by atoms with van der Waals surface area (Å²) in [5, 5.41) is 21.7. The maximum atomic E-state index is 13.2. The maximum absolute atomic E-state index is 13.2. The SMILES string of the molecule is CC1=C[C@H]2O[C@@H]3C[C@H]4OC(=O)/C=C\C=C\[C@]5([C@H](C)O)OCC/C(=C/C(=O)OC[C@@]2(CC1)[C@]4(C)[C@@]31CO1)[C@@H]5O. The van der Waals surface area contributed by atoms with Crippen LogP contribution < -0.4 is 0 Å². The molecule has 0 amide bonds. The predicted molar refractivity (Wildman–Crippen MR) is 134 cm³/mol. The number of cyclic esters (lactones) is 1. The van der Waals surface area contributed by atoms with Gasteiger partial charge in [-0.25, -0.2) is 9.59 Å². The monoisotopic (exact) mass is 528 g/mol. The quantitative estimate of drug-likeness (QED) is 0.299. The number of ether oxygens (including phenoxy) is 5. The molecule has 2 aliphatic carbocycles. The van der Waals surface area contributed by atoms with Crippen molar-refractivity contribution in [3.63, 3.8) is 0 Å². The lowest BCUT2D eigenvalue weighted by Crippen LogP contribution is -2.66. The third-order valence-electron chi connectivity index (χ3n) is 10.1. The van der Waals surface area contributed by atoms with Crippen molar-refractivity contribution in [3.8, 4) is 0 Å². The molecule has 0 radical (unpaired) electrons. The molecule has 0 aromatic carbocycles. The van der Waals surface area contributed by atoms with E-state index >= 15 is 0 Å². The van der Waals surface area contributed by atoms with Crippen LogP contribution in [0.15, 0.2) is 47.6 Å². The Morgan fingerprint density at radius 1 is 1.08 bits per heavy atom. The number of fused-ring (bicyclic) bond motifs is 2. The summed E-state index contributed by atoms with van der Waals surface area (Å²) in [6.07, 6.45) is 8.21. The van der Waals surface area contributed by atoms with E-state index in [-0.39, 0.29) is 25.4 Å². The maximum Gasteiger partial charge on any atom is 0.331 e. The van der Waals surface area contributed by atoms with Gasteiger partial charge in [-0.15, -0.1) is 0 Å². The van der Waals surface area contributed by atoms with E-state index < -0.39 is 52.3 Å². The number of carbonyl (C=O) groups excluding carboxylic acids is 2. The molecule has 4 heterocycles. The van der Waals surface area contributed by atoms with Gasteiger partial charge >= 0.3 is 11.9 Å². The van der Waals surface area contributed by atoms with E-state index in [1.165, 1.54) is 36.8 Å². The summed E-state index contributed by atoms with van der Waals surface area (Å²) in [6.45, 7) is 6.43. The van der Waals surface area contributed by atoms with Crippen molar-refractivity contribution in [1.82, 2.24) is 0 Å². The molecule has 0 unspecified atom stereocenters. The number of carbonyl (C=O) groups is 2. The molecular formula is C29H36O9. The zero-order valence-electron chi connectivity index (χ0n) is 22.1. The number of aliphatic hydroxyl groups excluding tert-OH is 2. The number of hydrogen-bond donors (Lipinski definition) is 2. The van der Waals surface area contributed by atoms with Crippen LogP contribution in [0.2, 0.25) is 0 Å². The predicted octanol–water partition coefficient (Wildman–Crippen LogP) is 2.07. The number of aliphatic hydroxyl groups is 2. The molecule has 6 aliphatic rings. The molecule has 0 aromatic heterocycles. The number of epoxide rings is 1. The fourth-order valence-electron chi connectivity index (χ4n) is 7.68. The Morgan fingerprint density at radius 2 is 1.87 bits per heavy atom. The van der Waals surface area contributed by atoms with Crippen LogP contribution in [0.3, 0.4) is 0 Å². The van der Waals surface area contributed by atoms with Gasteiger partial charge in [-0.3, -0.25) is 0 Å². The second kappa shape index (κ2) is 8.86. The Bertz CT molecular complexity index is 1150. The molecule has 3 saturated heterocycles. The van der Waals surface area contributed by atoms with Crippen LogP contribution in [0.1, 0.15) is 46.5 Å². The van der Waals surface area contributed by atoms with Gasteiger partial charge in [-0.2, -0.15) is 0 Å². The highest BCUT2D eigenvalue weighted by Crippen LogP contribution is 2.72. The first-order chi connectivity index (χ1) is 18.1. The van der Waals surface area contributed by atoms with E-state index in [0.29, 0.717) is 31.4 Å². The number of esters is 2. The van der Waals surface area contributed by atoms with Crippen LogP contribution in [0.25, 0.3) is 0 Å². The highest BCUT2D eigenvalue weighted by atomic mass is 16.6. The van der Waals surface area contributed by atoms with Crippen molar-refractivity contribution < 1.29 is 43.5 Å². The molecule has 4 bridgehead atoms. The molecule has 9 atom stereocenters. The van der Waals surface area contributed by atoms with Gasteiger partial charge in [0.2, 0.25) is 0 Å². The van der Waals surface area contributed by atoms with Crippen LogP contribution in [-0.2, 0) is 33.3 Å². The lowest BCUT2D eigenvalue weighted by atomic mass is 9.51. The van der Waals surface area contributed by atoms with Crippen molar-refractivity contribution in [2.75, 3.05) is 19.8 Å². The van der Waals surface area contributed by atoms with Gasteiger partial charge in [0.1, 0.15) is 30.0 Å². The molecule has 4 fully saturated rings. The normalized spacial score (nSPS) is 50.0. The fraction of sp³-hybridized carbons (Fsp3) is 0.655. The molecule has 1 saturated carbocycles. The lowest BCUT2D eigenvalue weighted by molar-refractivity contribution is -0.232. The number of allylic oxidation sites excluding steroid dienone is 3. The average molecular weight is 529 g/mol. The van der Waals surface area contributed by atoms with Gasteiger partial charge in [0, 0.05) is 24.0 Å². The van der Waals surface area contributed by atoms with E-state index in [1.54, 1.807) is 6.08 Å². The van der Waals surface area contributed by atoms with Crippen LogP contribution in [0, 0.1) is 10.8 Å². The topological polar surface area (TPSA) is 124 Å². The Balaban J connectivity index is 1.44. The van der Waals surface area contributed by atoms with Crippen LogP contribution in [0.5, 0.6) is 0 Å². The molecular weight excluding hydrogens is 492 g/mol. The molecule has 9 heteroatoms. The van der Waals surface area contributed by atoms with E-state index in [2.05, 4.69) is 19.9 Å². The second-order valence-corrected chi connectivity index (χ2v) is 11.8. The standard InChI is InChI=1S/C29H36O9/c1-17-7-10-27-15-34-24(32)13-19-8-11-35-28(18(2)30,25(19)33)9-5-4-6-23(31)38-20-14-22(37-21(27)12-17)29(16-36-29)26(20,27)3/h4-6,9,12-13,18,20-22,25,30,33H,7-8,10-11,14-16H2,1-3H3/b6-4-,9-5+,19-13-/t18-,20+,21+,22+,25-,26+,27+,28+,29+/m0/s1. The molecule has 38 heavy (non-hydrogen) atoms. The first-order valence-electron chi connectivity index (χ1n) is 13.5. The van der Waals surface area contributed by atoms with Crippen LogP contribution >= 0.6 is 0 Å². The summed E-state index contributed by atoms with van der Waals surface area (Å²) in [6, 6.07) is 0. The number of hydrogen-bond acceptors (Lipinski definition) is 9. The van der Waals surface area contributed by atoms with E-state index in [0.717, 1.165) is 6.42 Å². The van der Waals surface area contributed by atoms with Gasteiger partial charge in [0.15, 0.2) is 0 Å². The summed E-state index contributed by atoms with van der Waals surface area (Å²) in [5.74, 6) is -1.10. The largest absolute Gasteiger partial charge is 0.462 e. The van der Waals surface area contributed by atoms with Crippen molar-refractivity contribution in [3.05, 3.63) is 47.6 Å². The minimum absolute atomic E-state index is 0.0519. The summed E-state index contributed by atoms with van der Waals surface area (Å²) in [4.78, 5) is 26.2. The first-order valence-corrected chi connectivity index (χ1v) is 13.5. The van der Waals surface area contributed by atoms with E-state index in [9.17, 15) is 19.8 Å². The number of rotatable bonds is 1. The molecule has 0 aromatic rings. The summed E-state index contributed by atoms with van der Waals surface area (Å²) in [7, 11) is 0. The highest BCUT2D eigenvalue weighted by molar-refractivity contribution is 5.83. The summed E-state index contributed by atoms with van der Waals surface area (Å²) < 4.78 is 30.6.